The maximum absolute atomic E-state index is 12.4. The minimum Gasteiger partial charge on any atom is -0.444 e. The molecular weight excluding hydrogens is 424 g/mol. The van der Waals surface area contributed by atoms with Crippen molar-refractivity contribution in [3.8, 4) is 0 Å². The summed E-state index contributed by atoms with van der Waals surface area (Å²) in [6, 6.07) is 2.12. The molecule has 4 rings (SSSR count). The van der Waals surface area contributed by atoms with E-state index in [-0.39, 0.29) is 23.9 Å². The minimum atomic E-state index is -0.513. The Balaban J connectivity index is 1.46. The van der Waals surface area contributed by atoms with Crippen molar-refractivity contribution in [3.63, 3.8) is 0 Å². The number of carbonyl (C=O) groups excluding carboxylic acids is 3. The maximum atomic E-state index is 12.4. The van der Waals surface area contributed by atoms with E-state index in [1.165, 1.54) is 0 Å². The molecule has 0 aromatic carbocycles. The summed E-state index contributed by atoms with van der Waals surface area (Å²) in [5, 5.41) is 7.82. The number of piperidine rings is 2. The molecule has 2 aromatic rings. The van der Waals surface area contributed by atoms with Gasteiger partial charge in [0.1, 0.15) is 11.4 Å². The fourth-order valence-corrected chi connectivity index (χ4v) is 4.52. The molecule has 2 saturated heterocycles. The van der Waals surface area contributed by atoms with Gasteiger partial charge in [-0.1, -0.05) is 0 Å². The van der Waals surface area contributed by atoms with Crippen LogP contribution in [0.25, 0.3) is 10.9 Å². The molecule has 2 fully saturated rings. The molecule has 4 heterocycles. The molecule has 0 bridgehead atoms. The summed E-state index contributed by atoms with van der Waals surface area (Å²) in [5.74, 6) is -0.138. The van der Waals surface area contributed by atoms with E-state index in [2.05, 4.69) is 20.3 Å². The molecule has 2 aromatic heterocycles. The number of hydrogen-bond donors (Lipinski definition) is 1. The third-order valence-electron chi connectivity index (χ3n) is 6.34. The summed E-state index contributed by atoms with van der Waals surface area (Å²) in [6.07, 6.45) is 3.89. The highest BCUT2D eigenvalue weighted by Gasteiger charge is 2.32. The van der Waals surface area contributed by atoms with Crippen LogP contribution in [-0.4, -0.2) is 69.4 Å². The highest BCUT2D eigenvalue weighted by molar-refractivity contribution is 6.02. The number of fused-ring (bicyclic) bond motifs is 1. The van der Waals surface area contributed by atoms with Crippen molar-refractivity contribution in [2.24, 2.45) is 7.05 Å². The van der Waals surface area contributed by atoms with Crippen LogP contribution in [0, 0.1) is 0 Å². The van der Waals surface area contributed by atoms with Gasteiger partial charge in [0, 0.05) is 57.3 Å². The number of aromatic nitrogens is 3. The molecule has 3 amide bonds. The molecule has 0 aliphatic carbocycles. The van der Waals surface area contributed by atoms with Crippen LogP contribution in [0.4, 0.5) is 10.6 Å². The van der Waals surface area contributed by atoms with Crippen molar-refractivity contribution in [2.75, 3.05) is 25.0 Å². The largest absolute Gasteiger partial charge is 0.444 e. The van der Waals surface area contributed by atoms with E-state index in [1.807, 2.05) is 33.9 Å². The van der Waals surface area contributed by atoms with Crippen molar-refractivity contribution < 1.29 is 19.1 Å². The van der Waals surface area contributed by atoms with E-state index in [9.17, 15) is 14.4 Å². The molecule has 10 heteroatoms. The Kier molecular flexibility index (Phi) is 6.02. The fraction of sp³-hybridized carbons (Fsp3) is 0.609. The first-order valence-corrected chi connectivity index (χ1v) is 11.4. The van der Waals surface area contributed by atoms with Crippen LogP contribution in [0.15, 0.2) is 12.3 Å². The van der Waals surface area contributed by atoms with Crippen LogP contribution in [0.3, 0.4) is 0 Å². The van der Waals surface area contributed by atoms with Crippen molar-refractivity contribution in [2.45, 2.75) is 64.0 Å². The normalized spacial score (nSPS) is 20.2. The number of aryl methyl sites for hydroxylation is 1. The Bertz CT molecular complexity index is 1080. The monoisotopic (exact) mass is 456 g/mol. The summed E-state index contributed by atoms with van der Waals surface area (Å²) in [6.45, 7) is 7.15. The van der Waals surface area contributed by atoms with Crippen molar-refractivity contribution >= 4 is 34.6 Å². The average Bonchev–Trinajstić information content (AvgIpc) is 3.08. The van der Waals surface area contributed by atoms with E-state index in [4.69, 9.17) is 4.74 Å². The van der Waals surface area contributed by atoms with Gasteiger partial charge in [0.05, 0.1) is 17.1 Å². The van der Waals surface area contributed by atoms with Crippen LogP contribution in [-0.2, 0) is 21.4 Å². The summed E-state index contributed by atoms with van der Waals surface area (Å²) in [5.41, 5.74) is 1.04. The number of imide groups is 1. The molecule has 2 aliphatic heterocycles. The zero-order chi connectivity index (χ0) is 23.9. The zero-order valence-electron chi connectivity index (χ0n) is 19.9. The van der Waals surface area contributed by atoms with Crippen LogP contribution in [0.1, 0.15) is 58.1 Å². The SMILES string of the molecule is CN(C(=O)OC(C)(C)C)C1CCN(c2cc3c(cn2)c(C2CCC(=O)NC2=O)nn3C)CC1. The molecule has 1 unspecified atom stereocenters. The van der Waals surface area contributed by atoms with E-state index in [1.54, 1.807) is 22.8 Å². The minimum absolute atomic E-state index is 0.121. The Morgan fingerprint density at radius 3 is 2.55 bits per heavy atom. The van der Waals surface area contributed by atoms with E-state index >= 15 is 0 Å². The zero-order valence-corrected chi connectivity index (χ0v) is 19.9. The van der Waals surface area contributed by atoms with E-state index < -0.39 is 11.5 Å². The van der Waals surface area contributed by atoms with Gasteiger partial charge < -0.3 is 14.5 Å². The molecule has 0 spiro atoms. The summed E-state index contributed by atoms with van der Waals surface area (Å²) in [4.78, 5) is 44.8. The summed E-state index contributed by atoms with van der Waals surface area (Å²) >= 11 is 0. The van der Waals surface area contributed by atoms with Gasteiger partial charge in [-0.3, -0.25) is 19.6 Å². The lowest BCUT2D eigenvalue weighted by Crippen LogP contribution is -2.47. The van der Waals surface area contributed by atoms with Crippen molar-refractivity contribution in [1.29, 1.82) is 0 Å². The van der Waals surface area contributed by atoms with Crippen molar-refractivity contribution in [1.82, 2.24) is 25.0 Å². The second-order valence-corrected chi connectivity index (χ2v) is 9.88. The molecular formula is C23H32N6O4. The Morgan fingerprint density at radius 1 is 1.21 bits per heavy atom. The lowest BCUT2D eigenvalue weighted by atomic mass is 9.93. The third kappa shape index (κ3) is 4.79. The number of nitrogens with zero attached hydrogens (tertiary/aromatic N) is 5. The molecule has 10 nitrogen and oxygen atoms in total. The van der Waals surface area contributed by atoms with Gasteiger partial charge in [0.25, 0.3) is 0 Å². The van der Waals surface area contributed by atoms with Gasteiger partial charge in [0.15, 0.2) is 0 Å². The maximum Gasteiger partial charge on any atom is 0.410 e. The average molecular weight is 457 g/mol. The highest BCUT2D eigenvalue weighted by Crippen LogP contribution is 2.32. The second kappa shape index (κ2) is 8.64. The van der Waals surface area contributed by atoms with Gasteiger partial charge in [-0.2, -0.15) is 5.10 Å². The first kappa shape index (κ1) is 23.0. The second-order valence-electron chi connectivity index (χ2n) is 9.88. The molecule has 1 N–H and O–H groups in total. The number of nitrogens with one attached hydrogen (secondary N) is 1. The smallest absolute Gasteiger partial charge is 0.410 e. The van der Waals surface area contributed by atoms with Crippen LogP contribution in [0.2, 0.25) is 0 Å². The Hall–Kier alpha value is -3.17. The number of anilines is 1. The van der Waals surface area contributed by atoms with Gasteiger partial charge in [-0.05, 0) is 40.0 Å². The molecule has 33 heavy (non-hydrogen) atoms. The van der Waals surface area contributed by atoms with Crippen LogP contribution < -0.4 is 10.2 Å². The summed E-state index contributed by atoms with van der Waals surface area (Å²) < 4.78 is 7.26. The topological polar surface area (TPSA) is 110 Å². The van der Waals surface area contributed by atoms with Gasteiger partial charge in [-0.25, -0.2) is 9.78 Å². The van der Waals surface area contributed by atoms with Crippen LogP contribution in [0.5, 0.6) is 0 Å². The number of ether oxygens (including phenoxy) is 1. The first-order chi connectivity index (χ1) is 15.5. The summed E-state index contributed by atoms with van der Waals surface area (Å²) in [7, 11) is 3.65. The molecule has 0 radical (unpaired) electrons. The number of pyridine rings is 1. The standard InChI is InChI=1S/C23H32N6O4/c1-23(2,3)33-22(32)27(4)14-8-10-29(11-9-14)18-12-17-16(13-24-18)20(26-28(17)5)15-6-7-19(30)25-21(15)31/h12-15H,6-11H2,1-5H3,(H,25,30,31). The highest BCUT2D eigenvalue weighted by atomic mass is 16.6. The Labute approximate surface area is 193 Å². The van der Waals surface area contributed by atoms with E-state index in [0.717, 1.165) is 42.7 Å². The lowest BCUT2D eigenvalue weighted by Gasteiger charge is -2.37. The Morgan fingerprint density at radius 2 is 1.91 bits per heavy atom. The quantitative estimate of drug-likeness (QED) is 0.706. The number of amides is 3. The van der Waals surface area contributed by atoms with Gasteiger partial charge in [0.2, 0.25) is 11.8 Å². The van der Waals surface area contributed by atoms with Crippen molar-refractivity contribution in [3.05, 3.63) is 18.0 Å². The van der Waals surface area contributed by atoms with Crippen LogP contribution >= 0.6 is 0 Å². The molecule has 1 atom stereocenters. The molecule has 178 valence electrons. The number of carbonyl (C=O) groups is 3. The fourth-order valence-electron chi connectivity index (χ4n) is 4.52. The predicted molar refractivity (Wildman–Crippen MR) is 123 cm³/mol. The predicted octanol–water partition coefficient (Wildman–Crippen LogP) is 2.32. The number of hydrogen-bond acceptors (Lipinski definition) is 7. The molecule has 2 aliphatic rings. The lowest BCUT2D eigenvalue weighted by molar-refractivity contribution is -0.134. The van der Waals surface area contributed by atoms with Gasteiger partial charge in [-0.15, -0.1) is 0 Å². The van der Waals surface area contributed by atoms with Gasteiger partial charge >= 0.3 is 6.09 Å². The van der Waals surface area contributed by atoms with E-state index in [0.29, 0.717) is 18.5 Å². The number of rotatable bonds is 3. The third-order valence-corrected chi connectivity index (χ3v) is 6.34. The first-order valence-electron chi connectivity index (χ1n) is 11.4. The molecule has 0 saturated carbocycles.